The van der Waals surface area contributed by atoms with Gasteiger partial charge in [-0.25, -0.2) is 0 Å². The summed E-state index contributed by atoms with van der Waals surface area (Å²) in [4.78, 5) is 0. The summed E-state index contributed by atoms with van der Waals surface area (Å²) in [5, 5.41) is 0. The van der Waals surface area contributed by atoms with Crippen molar-refractivity contribution in [1.29, 1.82) is 0 Å². The lowest BCUT2D eigenvalue weighted by Crippen LogP contribution is -2.18. The van der Waals surface area contributed by atoms with Crippen molar-refractivity contribution >= 4 is 0 Å². The largest absolute Gasteiger partial charge is 0.411 e. The molecule has 0 amide bonds. The van der Waals surface area contributed by atoms with Gasteiger partial charge in [-0.2, -0.15) is 13.2 Å². The first-order valence-electron chi connectivity index (χ1n) is 3.26. The topological polar surface area (TPSA) is 9.23 Å². The average Bonchev–Trinajstić information content (AvgIpc) is 2.60. The minimum Gasteiger partial charge on any atom is -0.368 e. The van der Waals surface area contributed by atoms with Crippen molar-refractivity contribution < 1.29 is 17.9 Å². The van der Waals surface area contributed by atoms with E-state index in [0.717, 1.165) is 0 Å². The molecule has 63 valence electrons. The summed E-state index contributed by atoms with van der Waals surface area (Å²) in [6.07, 6.45) is -2.53. The molecule has 0 heterocycles. The quantitative estimate of drug-likeness (QED) is 0.621. The molecule has 1 saturated carbocycles. The molecule has 1 aliphatic rings. The molecule has 0 bridgehead atoms. The lowest BCUT2D eigenvalue weighted by atomic mass is 10.4. The third-order valence-electron chi connectivity index (χ3n) is 1.49. The summed E-state index contributed by atoms with van der Waals surface area (Å²) < 4.78 is 39.0. The van der Waals surface area contributed by atoms with E-state index in [1.54, 1.807) is 0 Å². The van der Waals surface area contributed by atoms with E-state index in [4.69, 9.17) is 6.58 Å². The highest BCUT2D eigenvalue weighted by molar-refractivity contribution is 4.98. The summed E-state index contributed by atoms with van der Waals surface area (Å²) in [6.45, 7) is 3.91. The molecule has 0 N–H and O–H groups in total. The minimum atomic E-state index is -4.22. The molecular weight excluding hydrogens is 157 g/mol. The third kappa shape index (κ3) is 2.93. The molecule has 2 unspecified atom stereocenters. The van der Waals surface area contributed by atoms with Gasteiger partial charge < -0.3 is 4.74 Å². The lowest BCUT2D eigenvalue weighted by Gasteiger charge is -2.05. The monoisotopic (exact) mass is 165 g/mol. The smallest absolute Gasteiger partial charge is 0.368 e. The van der Waals surface area contributed by atoms with E-state index >= 15 is 0 Å². The van der Waals surface area contributed by atoms with Gasteiger partial charge in [0.25, 0.3) is 0 Å². The Balaban J connectivity index is 2.11. The van der Waals surface area contributed by atoms with Crippen LogP contribution in [0.15, 0.2) is 6.08 Å². The summed E-state index contributed by atoms with van der Waals surface area (Å²) in [6, 6.07) is 0. The van der Waals surface area contributed by atoms with Crippen LogP contribution in [0, 0.1) is 12.5 Å². The molecule has 2 atom stereocenters. The first-order valence-corrected chi connectivity index (χ1v) is 3.26. The number of rotatable bonds is 3. The van der Waals surface area contributed by atoms with Gasteiger partial charge in [0.1, 0.15) is 6.61 Å². The molecule has 0 aromatic heterocycles. The Morgan fingerprint density at radius 1 is 1.55 bits per heavy atom. The van der Waals surface area contributed by atoms with Gasteiger partial charge in [-0.3, -0.25) is 0 Å². The summed E-state index contributed by atoms with van der Waals surface area (Å²) in [5.74, 6) is 0.0253. The molecule has 1 fully saturated rings. The van der Waals surface area contributed by atoms with Crippen LogP contribution < -0.4 is 0 Å². The van der Waals surface area contributed by atoms with Crippen LogP contribution in [-0.4, -0.2) is 18.9 Å². The van der Waals surface area contributed by atoms with Crippen molar-refractivity contribution in [3.63, 3.8) is 0 Å². The Kier molecular flexibility index (Phi) is 2.23. The van der Waals surface area contributed by atoms with E-state index in [0.29, 0.717) is 6.42 Å². The fourth-order valence-electron chi connectivity index (χ4n) is 0.785. The predicted octanol–water partition coefficient (Wildman–Crippen LogP) is 1.94. The van der Waals surface area contributed by atoms with Gasteiger partial charge in [-0.1, -0.05) is 12.7 Å². The van der Waals surface area contributed by atoms with Crippen LogP contribution in [0.3, 0.4) is 0 Å². The third-order valence-corrected chi connectivity index (χ3v) is 1.49. The summed E-state index contributed by atoms with van der Waals surface area (Å²) in [5.41, 5.74) is 0. The van der Waals surface area contributed by atoms with Crippen LogP contribution in [0.2, 0.25) is 0 Å². The van der Waals surface area contributed by atoms with Crippen LogP contribution in [0.4, 0.5) is 13.2 Å². The van der Waals surface area contributed by atoms with Crippen molar-refractivity contribution in [2.45, 2.75) is 18.7 Å². The highest BCUT2D eigenvalue weighted by Gasteiger charge is 2.39. The molecule has 11 heavy (non-hydrogen) atoms. The zero-order chi connectivity index (χ0) is 8.48. The second-order valence-corrected chi connectivity index (χ2v) is 2.56. The predicted molar refractivity (Wildman–Crippen MR) is 32.8 cm³/mol. The Morgan fingerprint density at radius 2 is 2.18 bits per heavy atom. The molecular formula is C7H8F3O. The maximum absolute atomic E-state index is 11.5. The van der Waals surface area contributed by atoms with E-state index < -0.39 is 12.8 Å². The van der Waals surface area contributed by atoms with E-state index in [9.17, 15) is 13.2 Å². The van der Waals surface area contributed by atoms with Crippen LogP contribution in [0.1, 0.15) is 6.42 Å². The number of halogens is 3. The average molecular weight is 165 g/mol. The number of alkyl halides is 3. The van der Waals surface area contributed by atoms with Gasteiger partial charge in [0, 0.05) is 5.92 Å². The van der Waals surface area contributed by atoms with Crippen LogP contribution in [0.5, 0.6) is 0 Å². The fourth-order valence-corrected chi connectivity index (χ4v) is 0.785. The van der Waals surface area contributed by atoms with Crippen LogP contribution >= 0.6 is 0 Å². The number of hydrogen-bond acceptors (Lipinski definition) is 1. The molecule has 0 saturated heterocycles. The molecule has 1 radical (unpaired) electrons. The Morgan fingerprint density at radius 3 is 2.55 bits per heavy atom. The molecule has 0 aromatic rings. The summed E-state index contributed by atoms with van der Waals surface area (Å²) in [7, 11) is 0. The highest BCUT2D eigenvalue weighted by Crippen LogP contribution is 2.35. The Bertz CT molecular complexity index is 152. The second-order valence-electron chi connectivity index (χ2n) is 2.56. The molecule has 0 aliphatic heterocycles. The van der Waals surface area contributed by atoms with Gasteiger partial charge >= 0.3 is 6.18 Å². The van der Waals surface area contributed by atoms with Crippen molar-refractivity contribution in [1.82, 2.24) is 0 Å². The van der Waals surface area contributed by atoms with Crippen molar-refractivity contribution in [2.75, 3.05) is 6.61 Å². The minimum absolute atomic E-state index is 0.0253. The van der Waals surface area contributed by atoms with Crippen LogP contribution in [0.25, 0.3) is 0 Å². The van der Waals surface area contributed by atoms with Gasteiger partial charge in [0.15, 0.2) is 0 Å². The molecule has 4 heteroatoms. The molecule has 1 nitrogen and oxygen atoms in total. The molecule has 1 rings (SSSR count). The van der Waals surface area contributed by atoms with E-state index in [2.05, 4.69) is 4.74 Å². The second kappa shape index (κ2) is 2.85. The number of hydrogen-bond donors (Lipinski definition) is 0. The maximum atomic E-state index is 11.5. The highest BCUT2D eigenvalue weighted by atomic mass is 19.4. The summed E-state index contributed by atoms with van der Waals surface area (Å²) >= 11 is 0. The molecule has 0 spiro atoms. The van der Waals surface area contributed by atoms with Gasteiger partial charge in [0.05, 0.1) is 6.10 Å². The van der Waals surface area contributed by atoms with Gasteiger partial charge in [-0.15, -0.1) is 0 Å². The molecule has 0 aromatic carbocycles. The van der Waals surface area contributed by atoms with Gasteiger partial charge in [-0.05, 0) is 6.42 Å². The van der Waals surface area contributed by atoms with Crippen molar-refractivity contribution in [3.05, 3.63) is 12.7 Å². The van der Waals surface area contributed by atoms with Crippen molar-refractivity contribution in [3.8, 4) is 0 Å². The molecule has 1 aliphatic carbocycles. The normalized spacial score (nSPS) is 30.1. The van der Waals surface area contributed by atoms with Crippen LogP contribution in [-0.2, 0) is 4.74 Å². The van der Waals surface area contributed by atoms with E-state index in [1.165, 1.54) is 6.08 Å². The Hall–Kier alpha value is -0.510. The standard InChI is InChI=1S/C7H8F3O/c1-2-5-3-6(5)11-4-7(8,9)10/h1-2,5-6H,3-4H2. The van der Waals surface area contributed by atoms with E-state index in [1.807, 2.05) is 0 Å². The SMILES string of the molecule is [CH]=CC1CC1OCC(F)(F)F. The fraction of sp³-hybridized carbons (Fsp3) is 0.714. The van der Waals surface area contributed by atoms with Crippen molar-refractivity contribution in [2.24, 2.45) is 5.92 Å². The zero-order valence-corrected chi connectivity index (χ0v) is 5.77. The maximum Gasteiger partial charge on any atom is 0.411 e. The van der Waals surface area contributed by atoms with Gasteiger partial charge in [0.2, 0.25) is 0 Å². The first kappa shape index (κ1) is 8.59. The Labute approximate surface area is 62.8 Å². The zero-order valence-electron chi connectivity index (χ0n) is 5.77. The van der Waals surface area contributed by atoms with E-state index in [-0.39, 0.29) is 12.0 Å². The number of ether oxygens (including phenoxy) is 1. The first-order chi connectivity index (χ1) is 5.03. The lowest BCUT2D eigenvalue weighted by molar-refractivity contribution is -0.177.